The van der Waals surface area contributed by atoms with Crippen LogP contribution in [0.5, 0.6) is 0 Å². The summed E-state index contributed by atoms with van der Waals surface area (Å²) in [5.41, 5.74) is 1.30. The molecule has 1 unspecified atom stereocenters. The summed E-state index contributed by atoms with van der Waals surface area (Å²) in [6, 6.07) is 2.43. The summed E-state index contributed by atoms with van der Waals surface area (Å²) >= 11 is 1.68. The lowest BCUT2D eigenvalue weighted by Crippen LogP contribution is -2.41. The van der Waals surface area contributed by atoms with Gasteiger partial charge in [-0.05, 0) is 73.4 Å². The van der Waals surface area contributed by atoms with Gasteiger partial charge >= 0.3 is 6.18 Å². The molecule has 0 bridgehead atoms. The van der Waals surface area contributed by atoms with Gasteiger partial charge in [0.15, 0.2) is 0 Å². The molecule has 2 rings (SSSR count). The van der Waals surface area contributed by atoms with Crippen LogP contribution >= 0.6 is 11.3 Å². The van der Waals surface area contributed by atoms with Gasteiger partial charge in [0.2, 0.25) is 0 Å². The second-order valence-corrected chi connectivity index (χ2v) is 6.83. The SMILES string of the molecule is CCCNC(Cc1ccsc1)C1CCC(C(F)(F)F)CC1. The van der Waals surface area contributed by atoms with Crippen molar-refractivity contribution in [1.29, 1.82) is 0 Å². The fourth-order valence-corrected chi connectivity index (χ4v) is 3.93. The van der Waals surface area contributed by atoms with Crippen molar-refractivity contribution in [2.75, 3.05) is 6.54 Å². The standard InChI is InChI=1S/C16H24F3NS/c1-2-8-20-15(10-12-7-9-21-11-12)13-3-5-14(6-4-13)16(17,18)19/h7,9,11,13-15,20H,2-6,8,10H2,1H3. The van der Waals surface area contributed by atoms with E-state index in [9.17, 15) is 13.2 Å². The van der Waals surface area contributed by atoms with Crippen LogP contribution in [-0.4, -0.2) is 18.8 Å². The smallest absolute Gasteiger partial charge is 0.313 e. The summed E-state index contributed by atoms with van der Waals surface area (Å²) in [6.07, 6.45) is -0.0524. The molecule has 21 heavy (non-hydrogen) atoms. The van der Waals surface area contributed by atoms with Gasteiger partial charge in [0, 0.05) is 6.04 Å². The predicted molar refractivity (Wildman–Crippen MR) is 81.6 cm³/mol. The summed E-state index contributed by atoms with van der Waals surface area (Å²) in [6.45, 7) is 3.06. The molecule has 1 aliphatic rings. The van der Waals surface area contributed by atoms with Crippen LogP contribution in [0.4, 0.5) is 13.2 Å². The maximum Gasteiger partial charge on any atom is 0.391 e. The Morgan fingerprint density at radius 2 is 2.00 bits per heavy atom. The van der Waals surface area contributed by atoms with E-state index < -0.39 is 12.1 Å². The van der Waals surface area contributed by atoms with Gasteiger partial charge in [-0.2, -0.15) is 24.5 Å². The van der Waals surface area contributed by atoms with Crippen LogP contribution in [0.1, 0.15) is 44.6 Å². The van der Waals surface area contributed by atoms with E-state index in [-0.39, 0.29) is 0 Å². The molecule has 0 aliphatic heterocycles. The van der Waals surface area contributed by atoms with Crippen molar-refractivity contribution in [2.24, 2.45) is 11.8 Å². The highest BCUT2D eigenvalue weighted by Crippen LogP contribution is 2.40. The van der Waals surface area contributed by atoms with Gasteiger partial charge in [-0.1, -0.05) is 6.92 Å². The zero-order valence-electron chi connectivity index (χ0n) is 12.5. The van der Waals surface area contributed by atoms with Crippen LogP contribution < -0.4 is 5.32 Å². The number of hydrogen-bond donors (Lipinski definition) is 1. The minimum Gasteiger partial charge on any atom is -0.313 e. The van der Waals surface area contributed by atoms with Gasteiger partial charge in [0.05, 0.1) is 5.92 Å². The Hall–Kier alpha value is -0.550. The lowest BCUT2D eigenvalue weighted by atomic mass is 9.77. The summed E-state index contributed by atoms with van der Waals surface area (Å²) in [5, 5.41) is 7.76. The van der Waals surface area contributed by atoms with Crippen molar-refractivity contribution in [3.8, 4) is 0 Å². The first-order valence-corrected chi connectivity index (χ1v) is 8.76. The maximum absolute atomic E-state index is 12.8. The van der Waals surface area contributed by atoms with Crippen LogP contribution in [-0.2, 0) is 6.42 Å². The summed E-state index contributed by atoms with van der Waals surface area (Å²) in [5.74, 6) is -0.711. The van der Waals surface area contributed by atoms with Crippen LogP contribution in [0.3, 0.4) is 0 Å². The minimum absolute atomic E-state index is 0.294. The summed E-state index contributed by atoms with van der Waals surface area (Å²) in [4.78, 5) is 0. The third kappa shape index (κ3) is 4.99. The fourth-order valence-electron chi connectivity index (χ4n) is 3.25. The molecule has 0 aromatic carbocycles. The Kier molecular flexibility index (Phi) is 6.11. The highest BCUT2D eigenvalue weighted by atomic mass is 32.1. The highest BCUT2D eigenvalue weighted by molar-refractivity contribution is 7.07. The molecule has 0 saturated heterocycles. The minimum atomic E-state index is -4.01. The van der Waals surface area contributed by atoms with Crippen LogP contribution in [0.15, 0.2) is 16.8 Å². The number of hydrogen-bond acceptors (Lipinski definition) is 2. The molecule has 0 amide bonds. The van der Waals surface area contributed by atoms with E-state index in [1.54, 1.807) is 11.3 Å². The molecule has 0 radical (unpaired) electrons. The van der Waals surface area contributed by atoms with Gasteiger partial charge in [0.25, 0.3) is 0 Å². The summed E-state index contributed by atoms with van der Waals surface area (Å²) < 4.78 is 38.3. The van der Waals surface area contributed by atoms with E-state index in [1.807, 2.05) is 0 Å². The summed E-state index contributed by atoms with van der Waals surface area (Å²) in [7, 11) is 0. The second-order valence-electron chi connectivity index (χ2n) is 6.05. The molecule has 1 aromatic heterocycles. The normalized spacial score (nSPS) is 25.0. The van der Waals surface area contributed by atoms with Gasteiger partial charge in [-0.25, -0.2) is 0 Å². The lowest BCUT2D eigenvalue weighted by molar-refractivity contribution is -0.184. The number of rotatable bonds is 6. The Labute approximate surface area is 128 Å². The first kappa shape index (κ1) is 16.8. The molecule has 1 aliphatic carbocycles. The maximum atomic E-state index is 12.8. The monoisotopic (exact) mass is 319 g/mol. The molecule has 1 heterocycles. The molecule has 120 valence electrons. The van der Waals surface area contributed by atoms with Crippen molar-refractivity contribution in [2.45, 2.75) is 57.7 Å². The molecule has 1 aromatic rings. The second kappa shape index (κ2) is 7.63. The van der Waals surface area contributed by atoms with Gasteiger partial charge in [0.1, 0.15) is 0 Å². The van der Waals surface area contributed by atoms with Crippen molar-refractivity contribution in [3.05, 3.63) is 22.4 Å². The molecule has 1 N–H and O–H groups in total. The molecule has 1 saturated carbocycles. The first-order valence-electron chi connectivity index (χ1n) is 7.82. The van der Waals surface area contributed by atoms with Gasteiger partial charge in [-0.3, -0.25) is 0 Å². The van der Waals surface area contributed by atoms with Crippen molar-refractivity contribution in [3.63, 3.8) is 0 Å². The van der Waals surface area contributed by atoms with Crippen LogP contribution in [0, 0.1) is 11.8 Å². The number of thiophene rings is 1. The molecule has 1 nitrogen and oxygen atoms in total. The molecular weight excluding hydrogens is 295 g/mol. The zero-order chi connectivity index (χ0) is 15.3. The van der Waals surface area contributed by atoms with Gasteiger partial charge in [-0.15, -0.1) is 0 Å². The van der Waals surface area contributed by atoms with Crippen molar-refractivity contribution < 1.29 is 13.2 Å². The van der Waals surface area contributed by atoms with Crippen LogP contribution in [0.2, 0.25) is 0 Å². The lowest BCUT2D eigenvalue weighted by Gasteiger charge is -2.35. The van der Waals surface area contributed by atoms with Crippen molar-refractivity contribution in [1.82, 2.24) is 5.32 Å². The molecular formula is C16H24F3NS. The third-order valence-electron chi connectivity index (χ3n) is 4.50. The van der Waals surface area contributed by atoms with E-state index in [0.717, 1.165) is 19.4 Å². The topological polar surface area (TPSA) is 12.0 Å². The number of halogens is 3. The number of alkyl halides is 3. The molecule has 0 spiro atoms. The molecule has 5 heteroatoms. The average Bonchev–Trinajstić information content (AvgIpc) is 2.95. The Balaban J connectivity index is 1.92. The Morgan fingerprint density at radius 3 is 2.52 bits per heavy atom. The Morgan fingerprint density at radius 1 is 1.29 bits per heavy atom. The number of nitrogens with one attached hydrogen (secondary N) is 1. The molecule has 1 fully saturated rings. The average molecular weight is 319 g/mol. The van der Waals surface area contributed by atoms with E-state index in [0.29, 0.717) is 37.6 Å². The highest BCUT2D eigenvalue weighted by Gasteiger charge is 2.42. The van der Waals surface area contributed by atoms with E-state index in [2.05, 4.69) is 29.1 Å². The predicted octanol–water partition coefficient (Wildman–Crippen LogP) is 5.03. The van der Waals surface area contributed by atoms with E-state index in [4.69, 9.17) is 0 Å². The fraction of sp³-hybridized carbons (Fsp3) is 0.750. The quantitative estimate of drug-likeness (QED) is 0.775. The first-order chi connectivity index (χ1) is 10.0. The van der Waals surface area contributed by atoms with Gasteiger partial charge < -0.3 is 5.32 Å². The van der Waals surface area contributed by atoms with Crippen molar-refractivity contribution >= 4 is 11.3 Å². The largest absolute Gasteiger partial charge is 0.391 e. The van der Waals surface area contributed by atoms with E-state index in [1.165, 1.54) is 5.56 Å². The molecule has 1 atom stereocenters. The van der Waals surface area contributed by atoms with Crippen LogP contribution in [0.25, 0.3) is 0 Å². The Bertz CT molecular complexity index is 394. The zero-order valence-corrected chi connectivity index (χ0v) is 13.3. The third-order valence-corrected chi connectivity index (χ3v) is 5.23. The van der Waals surface area contributed by atoms with E-state index >= 15 is 0 Å².